The van der Waals surface area contributed by atoms with E-state index in [4.69, 9.17) is 0 Å². The largest absolute Gasteiger partial charge is 0.393 e. The number of aliphatic hydroxyl groups excluding tert-OH is 1. The third kappa shape index (κ3) is 2.80. The van der Waals surface area contributed by atoms with Gasteiger partial charge in [0, 0.05) is 13.1 Å². The van der Waals surface area contributed by atoms with Crippen LogP contribution in [0.2, 0.25) is 0 Å². The zero-order chi connectivity index (χ0) is 14.8. The Morgan fingerprint density at radius 3 is 2.81 bits per heavy atom. The number of para-hydroxylation sites is 1. The molecule has 2 atom stereocenters. The molecule has 1 aromatic heterocycles. The highest BCUT2D eigenvalue weighted by atomic mass is 16.3. The van der Waals surface area contributed by atoms with E-state index in [0.29, 0.717) is 25.2 Å². The predicted octanol–water partition coefficient (Wildman–Crippen LogP) is 1.11. The minimum absolute atomic E-state index is 0.0897. The molecule has 2 unspecified atom stereocenters. The molecular weight excluding hydrogens is 268 g/mol. The van der Waals surface area contributed by atoms with Gasteiger partial charge in [0.05, 0.1) is 18.0 Å². The first kappa shape index (κ1) is 13.8. The minimum Gasteiger partial charge on any atom is -0.393 e. The average Bonchev–Trinajstić information content (AvgIpc) is 3.00. The van der Waals surface area contributed by atoms with Crippen LogP contribution >= 0.6 is 0 Å². The number of benzene rings is 1. The molecule has 2 heterocycles. The van der Waals surface area contributed by atoms with Gasteiger partial charge < -0.3 is 10.0 Å². The summed E-state index contributed by atoms with van der Waals surface area (Å²) in [5, 5.41) is 17.7. The number of hydrogen-bond donors (Lipinski definition) is 1. The number of nitrogens with zero attached hydrogens (tertiary/aromatic N) is 4. The van der Waals surface area contributed by atoms with Crippen molar-refractivity contribution in [2.45, 2.75) is 19.4 Å². The van der Waals surface area contributed by atoms with E-state index >= 15 is 0 Å². The molecule has 0 saturated carbocycles. The molecule has 0 aliphatic carbocycles. The summed E-state index contributed by atoms with van der Waals surface area (Å²) in [5.74, 6) is -0.0391. The van der Waals surface area contributed by atoms with E-state index in [1.165, 1.54) is 0 Å². The second kappa shape index (κ2) is 5.65. The van der Waals surface area contributed by atoms with Crippen LogP contribution in [-0.4, -0.2) is 50.1 Å². The fourth-order valence-corrected chi connectivity index (χ4v) is 2.55. The monoisotopic (exact) mass is 286 g/mol. The predicted molar refractivity (Wildman–Crippen MR) is 77.1 cm³/mol. The Labute approximate surface area is 123 Å². The molecule has 3 rings (SSSR count). The summed E-state index contributed by atoms with van der Waals surface area (Å²) in [6.45, 7) is 3.06. The molecule has 1 aliphatic heterocycles. The number of carbonyl (C=O) groups is 1. The Hall–Kier alpha value is -2.21. The molecule has 1 aromatic carbocycles. The van der Waals surface area contributed by atoms with Gasteiger partial charge in [0.2, 0.25) is 0 Å². The van der Waals surface area contributed by atoms with Gasteiger partial charge in [-0.15, -0.1) is 5.10 Å². The van der Waals surface area contributed by atoms with Gasteiger partial charge in [0.15, 0.2) is 5.69 Å². The molecule has 0 radical (unpaired) electrons. The van der Waals surface area contributed by atoms with Crippen molar-refractivity contribution in [2.75, 3.05) is 13.1 Å². The van der Waals surface area contributed by atoms with Crippen LogP contribution in [0.25, 0.3) is 5.69 Å². The van der Waals surface area contributed by atoms with Crippen molar-refractivity contribution in [1.29, 1.82) is 0 Å². The summed E-state index contributed by atoms with van der Waals surface area (Å²) in [7, 11) is 0. The highest BCUT2D eigenvalue weighted by Crippen LogP contribution is 2.18. The van der Waals surface area contributed by atoms with Crippen molar-refractivity contribution in [2.24, 2.45) is 5.92 Å². The Kier molecular flexibility index (Phi) is 3.70. The third-order valence-corrected chi connectivity index (χ3v) is 3.88. The molecule has 0 bridgehead atoms. The van der Waals surface area contributed by atoms with Gasteiger partial charge in [-0.05, 0) is 24.5 Å². The molecule has 6 nitrogen and oxygen atoms in total. The standard InChI is InChI=1S/C15H18N4O2/c1-11-9-18(8-7-14(11)20)15(21)13-10-19(17-16-13)12-5-3-2-4-6-12/h2-6,10-11,14,20H,7-9H2,1H3. The van der Waals surface area contributed by atoms with Crippen molar-refractivity contribution in [3.05, 3.63) is 42.2 Å². The zero-order valence-corrected chi connectivity index (χ0v) is 11.9. The fraction of sp³-hybridized carbons (Fsp3) is 0.400. The third-order valence-electron chi connectivity index (χ3n) is 3.88. The quantitative estimate of drug-likeness (QED) is 0.897. The SMILES string of the molecule is CC1CN(C(=O)c2cn(-c3ccccc3)nn2)CCC1O. The lowest BCUT2D eigenvalue weighted by Crippen LogP contribution is -2.45. The van der Waals surface area contributed by atoms with Crippen LogP contribution in [0, 0.1) is 5.92 Å². The molecule has 1 fully saturated rings. The van der Waals surface area contributed by atoms with Crippen LogP contribution in [0.3, 0.4) is 0 Å². The van der Waals surface area contributed by atoms with Crippen LogP contribution < -0.4 is 0 Å². The highest BCUT2D eigenvalue weighted by Gasteiger charge is 2.29. The van der Waals surface area contributed by atoms with Crippen LogP contribution in [0.4, 0.5) is 0 Å². The van der Waals surface area contributed by atoms with Crippen LogP contribution in [0.5, 0.6) is 0 Å². The first-order valence-electron chi connectivity index (χ1n) is 7.10. The topological polar surface area (TPSA) is 71.2 Å². The summed E-state index contributed by atoms with van der Waals surface area (Å²) in [4.78, 5) is 14.2. The average molecular weight is 286 g/mol. The number of piperidine rings is 1. The van der Waals surface area contributed by atoms with E-state index in [9.17, 15) is 9.90 Å². The Bertz CT molecular complexity index is 626. The van der Waals surface area contributed by atoms with Crippen molar-refractivity contribution in [3.63, 3.8) is 0 Å². The summed E-state index contributed by atoms with van der Waals surface area (Å²) >= 11 is 0. The Morgan fingerprint density at radius 2 is 2.10 bits per heavy atom. The van der Waals surface area contributed by atoms with Gasteiger partial charge in [-0.3, -0.25) is 4.79 Å². The lowest BCUT2D eigenvalue weighted by atomic mass is 9.96. The maximum Gasteiger partial charge on any atom is 0.276 e. The molecule has 6 heteroatoms. The van der Waals surface area contributed by atoms with Crippen LogP contribution in [-0.2, 0) is 0 Å². The Morgan fingerprint density at radius 1 is 1.33 bits per heavy atom. The lowest BCUT2D eigenvalue weighted by Gasteiger charge is -2.33. The van der Waals surface area contributed by atoms with Gasteiger partial charge in [-0.1, -0.05) is 30.3 Å². The van der Waals surface area contributed by atoms with Crippen molar-refractivity contribution < 1.29 is 9.90 Å². The lowest BCUT2D eigenvalue weighted by molar-refractivity contribution is 0.0294. The minimum atomic E-state index is -0.325. The summed E-state index contributed by atoms with van der Waals surface area (Å²) in [6.07, 6.45) is 1.93. The van der Waals surface area contributed by atoms with E-state index in [0.717, 1.165) is 5.69 Å². The van der Waals surface area contributed by atoms with Gasteiger partial charge in [0.1, 0.15) is 0 Å². The summed E-state index contributed by atoms with van der Waals surface area (Å²) in [6, 6.07) is 9.55. The van der Waals surface area contributed by atoms with E-state index in [1.807, 2.05) is 37.3 Å². The number of aliphatic hydroxyl groups is 1. The summed E-state index contributed by atoms with van der Waals surface area (Å²) < 4.78 is 1.59. The van der Waals surface area contributed by atoms with Gasteiger partial charge in [0.25, 0.3) is 5.91 Å². The highest BCUT2D eigenvalue weighted by molar-refractivity contribution is 5.92. The van der Waals surface area contributed by atoms with E-state index in [2.05, 4.69) is 10.3 Å². The first-order chi connectivity index (χ1) is 10.1. The molecule has 0 spiro atoms. The van der Waals surface area contributed by atoms with Gasteiger partial charge in [-0.25, -0.2) is 4.68 Å². The van der Waals surface area contributed by atoms with Crippen molar-refractivity contribution in [1.82, 2.24) is 19.9 Å². The number of hydrogen-bond acceptors (Lipinski definition) is 4. The normalized spacial score (nSPS) is 22.3. The fourth-order valence-electron chi connectivity index (χ4n) is 2.55. The molecule has 1 N–H and O–H groups in total. The number of likely N-dealkylation sites (tertiary alicyclic amines) is 1. The number of aromatic nitrogens is 3. The van der Waals surface area contributed by atoms with Gasteiger partial charge in [-0.2, -0.15) is 0 Å². The smallest absolute Gasteiger partial charge is 0.276 e. The van der Waals surface area contributed by atoms with Crippen LogP contribution in [0.1, 0.15) is 23.8 Å². The van der Waals surface area contributed by atoms with Crippen LogP contribution in [0.15, 0.2) is 36.5 Å². The second-order valence-electron chi connectivity index (χ2n) is 5.47. The first-order valence-corrected chi connectivity index (χ1v) is 7.10. The zero-order valence-electron chi connectivity index (χ0n) is 11.9. The molecule has 1 saturated heterocycles. The van der Waals surface area contributed by atoms with E-state index in [-0.39, 0.29) is 17.9 Å². The molecule has 1 amide bonds. The molecule has 2 aromatic rings. The Balaban J connectivity index is 1.76. The molecule has 110 valence electrons. The maximum absolute atomic E-state index is 12.4. The van der Waals surface area contributed by atoms with E-state index < -0.39 is 0 Å². The van der Waals surface area contributed by atoms with Crippen molar-refractivity contribution >= 4 is 5.91 Å². The number of amides is 1. The van der Waals surface area contributed by atoms with Gasteiger partial charge >= 0.3 is 0 Å². The maximum atomic E-state index is 12.4. The van der Waals surface area contributed by atoms with Crippen molar-refractivity contribution in [3.8, 4) is 5.69 Å². The molecular formula is C15H18N4O2. The molecule has 21 heavy (non-hydrogen) atoms. The number of carbonyl (C=O) groups excluding carboxylic acids is 1. The van der Waals surface area contributed by atoms with E-state index in [1.54, 1.807) is 15.8 Å². The number of rotatable bonds is 2. The molecule has 1 aliphatic rings. The summed E-state index contributed by atoms with van der Waals surface area (Å²) in [5.41, 5.74) is 1.20. The second-order valence-corrected chi connectivity index (χ2v) is 5.47.